The highest BCUT2D eigenvalue weighted by Crippen LogP contribution is 2.32. The maximum absolute atomic E-state index is 13.3. The third-order valence-corrected chi connectivity index (χ3v) is 5.58. The minimum atomic E-state index is -4.55. The number of benzene rings is 2. The second kappa shape index (κ2) is 8.93. The molecule has 0 aliphatic carbocycles. The molecular weight excluding hydrogens is 475 g/mol. The average Bonchev–Trinajstić information content (AvgIpc) is 3.20. The monoisotopic (exact) mass is 493 g/mol. The molecule has 5 rings (SSSR count). The molecule has 11 heteroatoms. The van der Waals surface area contributed by atoms with Crippen LogP contribution in [-0.4, -0.2) is 39.1 Å². The van der Waals surface area contributed by atoms with Crippen molar-refractivity contribution < 1.29 is 22.7 Å². The third-order valence-electron chi connectivity index (χ3n) is 5.58. The Morgan fingerprint density at radius 2 is 1.86 bits per heavy atom. The zero-order valence-electron chi connectivity index (χ0n) is 18.8. The Balaban J connectivity index is 1.63. The number of aromatic amines is 1. The highest BCUT2D eigenvalue weighted by Gasteiger charge is 2.30. The number of H-pyrrole nitrogens is 1. The van der Waals surface area contributed by atoms with E-state index in [1.807, 2.05) is 6.07 Å². The highest BCUT2D eigenvalue weighted by molar-refractivity contribution is 6.04. The number of anilines is 1. The van der Waals surface area contributed by atoms with E-state index in [0.717, 1.165) is 23.3 Å². The van der Waals surface area contributed by atoms with Gasteiger partial charge in [0.1, 0.15) is 12.4 Å². The van der Waals surface area contributed by atoms with Gasteiger partial charge in [-0.25, -0.2) is 9.78 Å². The van der Waals surface area contributed by atoms with Crippen LogP contribution >= 0.6 is 0 Å². The van der Waals surface area contributed by atoms with Crippen LogP contribution in [0.3, 0.4) is 0 Å². The molecule has 0 saturated carbocycles. The fourth-order valence-corrected chi connectivity index (χ4v) is 3.98. The third kappa shape index (κ3) is 4.31. The van der Waals surface area contributed by atoms with Gasteiger partial charge < -0.3 is 15.0 Å². The lowest BCUT2D eigenvalue weighted by Crippen LogP contribution is -2.17. The van der Waals surface area contributed by atoms with Gasteiger partial charge >= 0.3 is 11.9 Å². The Labute approximate surface area is 201 Å². The number of nitrogens with zero attached hydrogens (tertiary/aromatic N) is 3. The summed E-state index contributed by atoms with van der Waals surface area (Å²) >= 11 is 0. The van der Waals surface area contributed by atoms with Crippen LogP contribution in [0.5, 0.6) is 0 Å². The van der Waals surface area contributed by atoms with E-state index in [9.17, 15) is 22.8 Å². The summed E-state index contributed by atoms with van der Waals surface area (Å²) in [5, 5.41) is 3.18. The van der Waals surface area contributed by atoms with Gasteiger partial charge in [0.25, 0.3) is 5.91 Å². The maximum atomic E-state index is 13.3. The number of carbonyl (C=O) groups excluding carboxylic acids is 1. The summed E-state index contributed by atoms with van der Waals surface area (Å²) in [6.07, 6.45) is -1.50. The Morgan fingerprint density at radius 1 is 1.06 bits per heavy atom. The standard InChI is InChI=1S/C25H18F3N5O3/c1-36-13-22(34)32-21-8-6-15(11-30-21)14-5-7-19-18(9-14)23-20(12-29-19)31-24(35)33(23)17-4-2-3-16(10-17)25(26,27)28/h2-12H,13H2,1H3,(H,31,35)(H,30,32,34). The van der Waals surface area contributed by atoms with Gasteiger partial charge in [-0.2, -0.15) is 13.2 Å². The van der Waals surface area contributed by atoms with Gasteiger partial charge in [0, 0.05) is 24.3 Å². The molecule has 182 valence electrons. The predicted molar refractivity (Wildman–Crippen MR) is 128 cm³/mol. The van der Waals surface area contributed by atoms with Crippen LogP contribution in [0.25, 0.3) is 38.8 Å². The van der Waals surface area contributed by atoms with Crippen molar-refractivity contribution in [2.75, 3.05) is 19.0 Å². The molecule has 5 aromatic rings. The Kier molecular flexibility index (Phi) is 5.77. The lowest BCUT2D eigenvalue weighted by atomic mass is 10.0. The zero-order valence-corrected chi connectivity index (χ0v) is 18.8. The number of fused-ring (bicyclic) bond motifs is 3. The first-order chi connectivity index (χ1) is 17.2. The number of imidazole rings is 1. The highest BCUT2D eigenvalue weighted by atomic mass is 19.4. The second-order valence-electron chi connectivity index (χ2n) is 7.98. The molecule has 36 heavy (non-hydrogen) atoms. The van der Waals surface area contributed by atoms with Crippen LogP contribution in [0.15, 0.2) is 71.8 Å². The van der Waals surface area contributed by atoms with Crippen molar-refractivity contribution >= 4 is 33.7 Å². The number of ether oxygens (including phenoxy) is 1. The number of pyridine rings is 2. The summed E-state index contributed by atoms with van der Waals surface area (Å²) in [5.74, 6) is 0.0200. The molecule has 0 atom stereocenters. The van der Waals surface area contributed by atoms with Crippen molar-refractivity contribution in [2.45, 2.75) is 6.18 Å². The van der Waals surface area contributed by atoms with E-state index in [1.54, 1.807) is 30.5 Å². The van der Waals surface area contributed by atoms with Gasteiger partial charge in [0.15, 0.2) is 0 Å². The molecule has 0 aliphatic rings. The molecule has 0 fully saturated rings. The number of rotatable bonds is 5. The number of carbonyl (C=O) groups is 1. The normalized spacial score (nSPS) is 11.8. The molecule has 3 heterocycles. The first-order valence-corrected chi connectivity index (χ1v) is 10.7. The summed E-state index contributed by atoms with van der Waals surface area (Å²) in [4.78, 5) is 35.8. The van der Waals surface area contributed by atoms with Gasteiger partial charge in [-0.05, 0) is 48.0 Å². The zero-order chi connectivity index (χ0) is 25.4. The molecule has 1 amide bonds. The number of amides is 1. The maximum Gasteiger partial charge on any atom is 0.416 e. The largest absolute Gasteiger partial charge is 0.416 e. The Morgan fingerprint density at radius 3 is 2.58 bits per heavy atom. The fraction of sp³-hybridized carbons (Fsp3) is 0.120. The van der Waals surface area contributed by atoms with Crippen molar-refractivity contribution in [3.8, 4) is 16.8 Å². The fourth-order valence-electron chi connectivity index (χ4n) is 3.98. The lowest BCUT2D eigenvalue weighted by Gasteiger charge is -2.11. The summed E-state index contributed by atoms with van der Waals surface area (Å²) in [7, 11) is 1.42. The minimum Gasteiger partial charge on any atom is -0.375 e. The first kappa shape index (κ1) is 23.2. The number of alkyl halides is 3. The van der Waals surface area contributed by atoms with Crippen molar-refractivity contribution in [1.82, 2.24) is 19.5 Å². The molecule has 0 spiro atoms. The van der Waals surface area contributed by atoms with Crippen molar-refractivity contribution in [2.24, 2.45) is 0 Å². The smallest absolute Gasteiger partial charge is 0.375 e. The SMILES string of the molecule is COCC(=O)Nc1ccc(-c2ccc3ncc4[nH]c(=O)n(-c5cccc(C(F)(F)F)c5)c4c3c2)cn1. The molecule has 0 radical (unpaired) electrons. The number of hydrogen-bond acceptors (Lipinski definition) is 5. The average molecular weight is 493 g/mol. The summed E-state index contributed by atoms with van der Waals surface area (Å²) < 4.78 is 45.9. The Hall–Kier alpha value is -4.51. The minimum absolute atomic E-state index is 0.0804. The summed E-state index contributed by atoms with van der Waals surface area (Å²) in [6.45, 7) is -0.0959. The molecule has 0 bridgehead atoms. The number of halogens is 3. The molecule has 2 aromatic carbocycles. The van der Waals surface area contributed by atoms with E-state index in [1.165, 1.54) is 30.0 Å². The first-order valence-electron chi connectivity index (χ1n) is 10.7. The number of aromatic nitrogens is 4. The van der Waals surface area contributed by atoms with Gasteiger partial charge in [-0.3, -0.25) is 14.3 Å². The quantitative estimate of drug-likeness (QED) is 0.375. The predicted octanol–water partition coefficient (Wildman–Crippen LogP) is 4.53. The molecule has 0 saturated heterocycles. The topological polar surface area (TPSA) is 102 Å². The molecule has 2 N–H and O–H groups in total. The van der Waals surface area contributed by atoms with Crippen LogP contribution in [-0.2, 0) is 15.7 Å². The van der Waals surface area contributed by atoms with Crippen molar-refractivity contribution in [3.63, 3.8) is 0 Å². The van der Waals surface area contributed by atoms with Crippen LogP contribution in [0.1, 0.15) is 5.56 Å². The van der Waals surface area contributed by atoms with Crippen LogP contribution in [0.4, 0.5) is 19.0 Å². The molecule has 0 aliphatic heterocycles. The van der Waals surface area contributed by atoms with E-state index in [4.69, 9.17) is 4.74 Å². The second-order valence-corrected chi connectivity index (χ2v) is 7.98. The summed E-state index contributed by atoms with van der Waals surface area (Å²) in [6, 6.07) is 13.4. The van der Waals surface area contributed by atoms with Crippen molar-refractivity contribution in [1.29, 1.82) is 0 Å². The number of hydrogen-bond donors (Lipinski definition) is 2. The summed E-state index contributed by atoms with van der Waals surface area (Å²) in [5.41, 5.74) is 1.45. The molecule has 8 nitrogen and oxygen atoms in total. The van der Waals surface area contributed by atoms with E-state index in [-0.39, 0.29) is 18.2 Å². The number of nitrogens with one attached hydrogen (secondary N) is 2. The lowest BCUT2D eigenvalue weighted by molar-refractivity contribution is -0.137. The number of methoxy groups -OCH3 is 1. The van der Waals surface area contributed by atoms with E-state index in [2.05, 4.69) is 20.3 Å². The van der Waals surface area contributed by atoms with Crippen LogP contribution < -0.4 is 11.0 Å². The molecule has 0 unspecified atom stereocenters. The van der Waals surface area contributed by atoms with E-state index in [0.29, 0.717) is 27.8 Å². The van der Waals surface area contributed by atoms with Gasteiger partial charge in [0.05, 0.1) is 34.0 Å². The van der Waals surface area contributed by atoms with Gasteiger partial charge in [0.2, 0.25) is 0 Å². The molecule has 3 aromatic heterocycles. The van der Waals surface area contributed by atoms with Gasteiger partial charge in [-0.1, -0.05) is 12.1 Å². The van der Waals surface area contributed by atoms with Crippen molar-refractivity contribution in [3.05, 3.63) is 83.0 Å². The van der Waals surface area contributed by atoms with E-state index < -0.39 is 17.4 Å². The van der Waals surface area contributed by atoms with Gasteiger partial charge in [-0.15, -0.1) is 0 Å². The van der Waals surface area contributed by atoms with Crippen LogP contribution in [0.2, 0.25) is 0 Å². The Bertz CT molecular complexity index is 1660. The van der Waals surface area contributed by atoms with Crippen LogP contribution in [0, 0.1) is 0 Å². The van der Waals surface area contributed by atoms with E-state index >= 15 is 0 Å². The molecular formula is C25H18F3N5O3.